The van der Waals surface area contributed by atoms with E-state index in [0.717, 1.165) is 36.5 Å². The first-order valence-electron chi connectivity index (χ1n) is 8.20. The minimum absolute atomic E-state index is 0.0505. The number of likely N-dealkylation sites (tertiary alicyclic amines) is 1. The number of aryl methyl sites for hydroxylation is 1. The van der Waals surface area contributed by atoms with Gasteiger partial charge in [0, 0.05) is 36.1 Å². The zero-order valence-electron chi connectivity index (χ0n) is 13.9. The van der Waals surface area contributed by atoms with Gasteiger partial charge in [-0.3, -0.25) is 4.79 Å². The van der Waals surface area contributed by atoms with Crippen molar-refractivity contribution in [1.82, 2.24) is 15.0 Å². The van der Waals surface area contributed by atoms with Crippen LogP contribution in [0.15, 0.2) is 16.8 Å². The highest BCUT2D eigenvalue weighted by Gasteiger charge is 2.29. The normalized spacial score (nSPS) is 18.6. The lowest BCUT2D eigenvalue weighted by Crippen LogP contribution is -2.38. The topological polar surface area (TPSA) is 59.2 Å². The molecular weight excluding hydrogens is 310 g/mol. The number of hydrogen-bond donors (Lipinski definition) is 0. The Hall–Kier alpha value is -1.69. The maximum absolute atomic E-state index is 12.7. The second kappa shape index (κ2) is 6.83. The van der Waals surface area contributed by atoms with Crippen molar-refractivity contribution < 1.29 is 9.32 Å². The Morgan fingerprint density at radius 1 is 1.52 bits per heavy atom. The number of carbonyl (C=O) groups excluding carboxylic acids is 1. The van der Waals surface area contributed by atoms with Gasteiger partial charge in [-0.25, -0.2) is 4.98 Å². The molecule has 2 aromatic heterocycles. The van der Waals surface area contributed by atoms with Crippen molar-refractivity contribution in [3.63, 3.8) is 0 Å². The molecular formula is C17H23N3O2S. The van der Waals surface area contributed by atoms with Gasteiger partial charge in [0.25, 0.3) is 5.91 Å². The summed E-state index contributed by atoms with van der Waals surface area (Å²) < 4.78 is 5.27. The quantitative estimate of drug-likeness (QED) is 0.857. The smallest absolute Gasteiger partial charge is 0.292 e. The highest BCUT2D eigenvalue weighted by atomic mass is 32.1. The van der Waals surface area contributed by atoms with Gasteiger partial charge in [0.15, 0.2) is 0 Å². The molecule has 3 rings (SSSR count). The van der Waals surface area contributed by atoms with Crippen LogP contribution in [0.4, 0.5) is 0 Å². The first-order valence-corrected chi connectivity index (χ1v) is 9.01. The monoisotopic (exact) mass is 333 g/mol. The lowest BCUT2D eigenvalue weighted by Gasteiger charge is -2.31. The summed E-state index contributed by atoms with van der Waals surface area (Å²) >= 11 is 1.73. The Morgan fingerprint density at radius 3 is 3.04 bits per heavy atom. The predicted molar refractivity (Wildman–Crippen MR) is 89.8 cm³/mol. The molecule has 1 atom stereocenters. The molecule has 1 aliphatic heterocycles. The van der Waals surface area contributed by atoms with E-state index in [2.05, 4.69) is 30.9 Å². The first kappa shape index (κ1) is 16.2. The molecule has 3 heterocycles. The molecule has 0 aliphatic carbocycles. The van der Waals surface area contributed by atoms with Crippen molar-refractivity contribution >= 4 is 17.2 Å². The standard InChI is InChI=1S/C17H23N3O2S/c1-11(2)7-14-8-15(22-19-14)17(21)20-6-4-5-13(10-20)16-18-9-12(3)23-16/h8-9,11,13H,4-7,10H2,1-3H3. The summed E-state index contributed by atoms with van der Waals surface area (Å²) in [6.45, 7) is 7.81. The third-order valence-electron chi connectivity index (χ3n) is 4.08. The lowest BCUT2D eigenvalue weighted by molar-refractivity contribution is 0.0665. The second-order valence-corrected chi connectivity index (χ2v) is 7.95. The molecule has 5 nitrogen and oxygen atoms in total. The van der Waals surface area contributed by atoms with Crippen LogP contribution in [0.25, 0.3) is 0 Å². The van der Waals surface area contributed by atoms with Crippen LogP contribution < -0.4 is 0 Å². The number of rotatable bonds is 4. The fourth-order valence-electron chi connectivity index (χ4n) is 3.01. The van der Waals surface area contributed by atoms with Crippen molar-refractivity contribution in [2.75, 3.05) is 13.1 Å². The number of carbonyl (C=O) groups is 1. The molecule has 124 valence electrons. The van der Waals surface area contributed by atoms with Crippen molar-refractivity contribution in [3.8, 4) is 0 Å². The summed E-state index contributed by atoms with van der Waals surface area (Å²) in [5, 5.41) is 5.16. The van der Waals surface area contributed by atoms with Crippen LogP contribution in [-0.4, -0.2) is 34.0 Å². The zero-order chi connectivity index (χ0) is 16.4. The maximum atomic E-state index is 12.7. The van der Waals surface area contributed by atoms with E-state index in [1.165, 1.54) is 4.88 Å². The Labute approximate surface area is 140 Å². The minimum Gasteiger partial charge on any atom is -0.351 e. The number of aromatic nitrogens is 2. The Balaban J connectivity index is 1.68. The average molecular weight is 333 g/mol. The van der Waals surface area contributed by atoms with Crippen LogP contribution in [0.3, 0.4) is 0 Å². The molecule has 1 fully saturated rings. The molecule has 0 spiro atoms. The SMILES string of the molecule is Cc1cnc(C2CCCN(C(=O)c3cc(CC(C)C)no3)C2)s1. The van der Waals surface area contributed by atoms with E-state index in [1.54, 1.807) is 17.4 Å². The Bertz CT molecular complexity index is 677. The number of hydrogen-bond acceptors (Lipinski definition) is 5. The second-order valence-electron chi connectivity index (χ2n) is 6.68. The van der Waals surface area contributed by atoms with E-state index < -0.39 is 0 Å². The average Bonchev–Trinajstić information content (AvgIpc) is 3.15. The summed E-state index contributed by atoms with van der Waals surface area (Å²) in [5.41, 5.74) is 0.854. The third kappa shape index (κ3) is 3.80. The summed E-state index contributed by atoms with van der Waals surface area (Å²) in [6.07, 6.45) is 4.83. The first-order chi connectivity index (χ1) is 11.0. The molecule has 0 radical (unpaired) electrons. The molecule has 2 aromatic rings. The lowest BCUT2D eigenvalue weighted by atomic mass is 9.98. The molecule has 0 saturated carbocycles. The summed E-state index contributed by atoms with van der Waals surface area (Å²) in [5.74, 6) is 1.14. The summed E-state index contributed by atoms with van der Waals surface area (Å²) in [6, 6.07) is 1.79. The summed E-state index contributed by atoms with van der Waals surface area (Å²) in [4.78, 5) is 20.2. The van der Waals surface area contributed by atoms with E-state index in [1.807, 2.05) is 11.1 Å². The van der Waals surface area contributed by atoms with Crippen molar-refractivity contribution in [2.24, 2.45) is 5.92 Å². The number of amides is 1. The molecule has 1 saturated heterocycles. The molecule has 0 N–H and O–H groups in total. The number of thiazole rings is 1. The fraction of sp³-hybridized carbons (Fsp3) is 0.588. The van der Waals surface area contributed by atoms with Gasteiger partial charge < -0.3 is 9.42 Å². The summed E-state index contributed by atoms with van der Waals surface area (Å²) in [7, 11) is 0. The van der Waals surface area contributed by atoms with Crippen LogP contribution in [0.1, 0.15) is 58.7 Å². The van der Waals surface area contributed by atoms with Crippen molar-refractivity contribution in [1.29, 1.82) is 0 Å². The molecule has 0 aromatic carbocycles. The molecule has 1 unspecified atom stereocenters. The Morgan fingerprint density at radius 2 is 2.35 bits per heavy atom. The van der Waals surface area contributed by atoms with Gasteiger partial charge in [-0.1, -0.05) is 19.0 Å². The molecule has 6 heteroatoms. The van der Waals surface area contributed by atoms with Crippen LogP contribution in [-0.2, 0) is 6.42 Å². The van der Waals surface area contributed by atoms with E-state index in [4.69, 9.17) is 4.52 Å². The van der Waals surface area contributed by atoms with E-state index in [0.29, 0.717) is 24.1 Å². The van der Waals surface area contributed by atoms with E-state index >= 15 is 0 Å². The number of piperidine rings is 1. The fourth-order valence-corrected chi connectivity index (χ4v) is 3.91. The van der Waals surface area contributed by atoms with Gasteiger partial charge in [-0.2, -0.15) is 0 Å². The molecule has 23 heavy (non-hydrogen) atoms. The van der Waals surface area contributed by atoms with Gasteiger partial charge in [0.1, 0.15) is 0 Å². The number of nitrogens with zero attached hydrogens (tertiary/aromatic N) is 3. The molecule has 0 bridgehead atoms. The highest BCUT2D eigenvalue weighted by molar-refractivity contribution is 7.11. The minimum atomic E-state index is -0.0505. The van der Waals surface area contributed by atoms with Crippen molar-refractivity contribution in [2.45, 2.75) is 46.0 Å². The Kier molecular flexibility index (Phi) is 4.80. The van der Waals surface area contributed by atoms with Gasteiger partial charge in [-0.15, -0.1) is 11.3 Å². The third-order valence-corrected chi connectivity index (χ3v) is 5.16. The maximum Gasteiger partial charge on any atom is 0.292 e. The van der Waals surface area contributed by atoms with Gasteiger partial charge >= 0.3 is 0 Å². The van der Waals surface area contributed by atoms with E-state index in [-0.39, 0.29) is 5.91 Å². The van der Waals surface area contributed by atoms with Gasteiger partial charge in [0.05, 0.1) is 10.7 Å². The molecule has 1 amide bonds. The van der Waals surface area contributed by atoms with Gasteiger partial charge in [-0.05, 0) is 32.1 Å². The van der Waals surface area contributed by atoms with Crippen molar-refractivity contribution in [3.05, 3.63) is 33.6 Å². The zero-order valence-corrected chi connectivity index (χ0v) is 14.7. The highest BCUT2D eigenvalue weighted by Crippen LogP contribution is 2.30. The van der Waals surface area contributed by atoms with Crippen LogP contribution in [0.2, 0.25) is 0 Å². The largest absolute Gasteiger partial charge is 0.351 e. The van der Waals surface area contributed by atoms with Crippen LogP contribution in [0.5, 0.6) is 0 Å². The van der Waals surface area contributed by atoms with E-state index in [9.17, 15) is 4.79 Å². The molecule has 1 aliphatic rings. The van der Waals surface area contributed by atoms with Crippen LogP contribution >= 0.6 is 11.3 Å². The van der Waals surface area contributed by atoms with Crippen LogP contribution in [0, 0.1) is 12.8 Å². The predicted octanol–water partition coefficient (Wildman–Crippen LogP) is 3.66. The van der Waals surface area contributed by atoms with Gasteiger partial charge in [0.2, 0.25) is 5.76 Å².